The number of rotatable bonds is 5. The molecular formula is C14H23ClN6O2. The summed E-state index contributed by atoms with van der Waals surface area (Å²) >= 11 is 0. The summed E-state index contributed by atoms with van der Waals surface area (Å²) in [5.74, 6) is 2.14. The summed E-state index contributed by atoms with van der Waals surface area (Å²) in [6.45, 7) is 3.96. The normalized spacial score (nSPS) is 16.1. The molecule has 2 heterocycles. The molecule has 1 aliphatic rings. The fourth-order valence-electron chi connectivity index (χ4n) is 2.57. The van der Waals surface area contributed by atoms with Gasteiger partial charge in [0.2, 0.25) is 11.8 Å². The van der Waals surface area contributed by atoms with Gasteiger partial charge < -0.3 is 20.0 Å². The van der Waals surface area contributed by atoms with E-state index in [4.69, 9.17) is 14.7 Å². The van der Waals surface area contributed by atoms with E-state index >= 15 is 0 Å². The number of anilines is 1. The minimum Gasteiger partial charge on any atom is -0.406 e. The Balaban J connectivity index is 0.00000192. The lowest BCUT2D eigenvalue weighted by Crippen LogP contribution is -2.29. The number of hydrogen-bond donors (Lipinski definition) is 2. The molecule has 3 N–H and O–H groups in total. The Morgan fingerprint density at radius 2 is 1.96 bits per heavy atom. The zero-order valence-corrected chi connectivity index (χ0v) is 14.2. The quantitative estimate of drug-likeness (QED) is 0.851. The standard InChI is InChI=1S/C14H22N6O2.ClH/c1-14(2,15)12-18-19-13(21-12)16-8-10-17-11(20-22-10)9-6-4-3-5-7-9;/h9H,3-8,15H2,1-2H3,(H,16,19);1H. The summed E-state index contributed by atoms with van der Waals surface area (Å²) in [7, 11) is 0. The third-order valence-corrected chi connectivity index (χ3v) is 3.82. The first-order valence-electron chi connectivity index (χ1n) is 7.71. The SMILES string of the molecule is CC(C)(N)c1nnc(NCc2nc(C3CCCCC3)no2)o1.Cl. The number of halogens is 1. The first kappa shape index (κ1) is 17.7. The zero-order chi connectivity index (χ0) is 15.6. The number of aromatic nitrogens is 4. The molecule has 0 saturated heterocycles. The van der Waals surface area contributed by atoms with E-state index in [0.717, 1.165) is 18.7 Å². The van der Waals surface area contributed by atoms with Crippen molar-refractivity contribution in [2.24, 2.45) is 5.73 Å². The molecule has 0 spiro atoms. The number of nitrogens with zero attached hydrogens (tertiary/aromatic N) is 4. The van der Waals surface area contributed by atoms with Gasteiger partial charge in [0.25, 0.3) is 0 Å². The Hall–Kier alpha value is -1.67. The van der Waals surface area contributed by atoms with Crippen LogP contribution in [0.1, 0.15) is 69.5 Å². The topological polar surface area (TPSA) is 116 Å². The maximum atomic E-state index is 5.90. The lowest BCUT2D eigenvalue weighted by molar-refractivity contribution is 0.358. The van der Waals surface area contributed by atoms with Gasteiger partial charge in [-0.25, -0.2) is 0 Å². The van der Waals surface area contributed by atoms with Gasteiger partial charge in [0.15, 0.2) is 5.82 Å². The maximum absolute atomic E-state index is 5.90. The molecular weight excluding hydrogens is 320 g/mol. The summed E-state index contributed by atoms with van der Waals surface area (Å²) in [4.78, 5) is 4.45. The van der Waals surface area contributed by atoms with Crippen LogP contribution in [0.3, 0.4) is 0 Å². The molecule has 2 aromatic heterocycles. The zero-order valence-electron chi connectivity index (χ0n) is 13.4. The van der Waals surface area contributed by atoms with E-state index in [-0.39, 0.29) is 12.4 Å². The lowest BCUT2D eigenvalue weighted by Gasteiger charge is -2.17. The summed E-state index contributed by atoms with van der Waals surface area (Å²) in [5, 5.41) is 14.9. The average molecular weight is 343 g/mol. The Morgan fingerprint density at radius 3 is 2.61 bits per heavy atom. The monoisotopic (exact) mass is 342 g/mol. The predicted octanol–water partition coefficient (Wildman–Crippen LogP) is 2.73. The minimum atomic E-state index is -0.661. The van der Waals surface area contributed by atoms with Gasteiger partial charge in [-0.05, 0) is 26.7 Å². The van der Waals surface area contributed by atoms with E-state index in [9.17, 15) is 0 Å². The molecule has 9 heteroatoms. The number of nitrogens with two attached hydrogens (primary N) is 1. The summed E-state index contributed by atoms with van der Waals surface area (Å²) in [6.07, 6.45) is 6.08. The van der Waals surface area contributed by atoms with Crippen LogP contribution < -0.4 is 11.1 Å². The van der Waals surface area contributed by atoms with Gasteiger partial charge in [0.05, 0.1) is 12.1 Å². The summed E-state index contributed by atoms with van der Waals surface area (Å²) < 4.78 is 10.7. The van der Waals surface area contributed by atoms with Crippen LogP contribution in [0.15, 0.2) is 8.94 Å². The average Bonchev–Trinajstić information content (AvgIpc) is 3.15. The van der Waals surface area contributed by atoms with Gasteiger partial charge in [0.1, 0.15) is 0 Å². The third kappa shape index (κ3) is 4.42. The Bertz CT molecular complexity index is 615. The Morgan fingerprint density at radius 1 is 1.22 bits per heavy atom. The van der Waals surface area contributed by atoms with Crippen molar-refractivity contribution in [3.05, 3.63) is 17.6 Å². The highest BCUT2D eigenvalue weighted by Gasteiger charge is 2.23. The summed E-state index contributed by atoms with van der Waals surface area (Å²) in [6, 6.07) is 0.297. The molecule has 0 aliphatic heterocycles. The fourth-order valence-corrected chi connectivity index (χ4v) is 2.57. The molecule has 2 aromatic rings. The third-order valence-electron chi connectivity index (χ3n) is 3.82. The van der Waals surface area contributed by atoms with Crippen LogP contribution in [0.2, 0.25) is 0 Å². The molecule has 0 amide bonds. The van der Waals surface area contributed by atoms with Gasteiger partial charge in [-0.15, -0.1) is 17.5 Å². The van der Waals surface area contributed by atoms with E-state index in [1.807, 2.05) is 0 Å². The maximum Gasteiger partial charge on any atom is 0.315 e. The molecule has 1 aliphatic carbocycles. The van der Waals surface area contributed by atoms with E-state index in [1.54, 1.807) is 13.8 Å². The second-order valence-corrected chi connectivity index (χ2v) is 6.37. The van der Waals surface area contributed by atoms with Crippen molar-refractivity contribution in [3.63, 3.8) is 0 Å². The van der Waals surface area contributed by atoms with Crippen LogP contribution in [0.25, 0.3) is 0 Å². The van der Waals surface area contributed by atoms with Gasteiger partial charge in [-0.3, -0.25) is 0 Å². The van der Waals surface area contributed by atoms with Crippen LogP contribution in [0, 0.1) is 0 Å². The van der Waals surface area contributed by atoms with Gasteiger partial charge in [0, 0.05) is 5.92 Å². The fraction of sp³-hybridized carbons (Fsp3) is 0.714. The van der Waals surface area contributed by atoms with Gasteiger partial charge in [-0.2, -0.15) is 4.98 Å². The largest absolute Gasteiger partial charge is 0.406 e. The smallest absolute Gasteiger partial charge is 0.315 e. The van der Waals surface area contributed by atoms with Crippen LogP contribution in [0.4, 0.5) is 6.01 Å². The minimum absolute atomic E-state index is 0. The van der Waals surface area contributed by atoms with Crippen LogP contribution in [0.5, 0.6) is 0 Å². The van der Waals surface area contributed by atoms with E-state index in [2.05, 4.69) is 25.7 Å². The van der Waals surface area contributed by atoms with E-state index in [0.29, 0.717) is 30.3 Å². The highest BCUT2D eigenvalue weighted by atomic mass is 35.5. The molecule has 3 rings (SSSR count). The highest BCUT2D eigenvalue weighted by molar-refractivity contribution is 5.85. The molecule has 1 fully saturated rings. The van der Waals surface area contributed by atoms with Crippen molar-refractivity contribution >= 4 is 18.4 Å². The van der Waals surface area contributed by atoms with Crippen LogP contribution in [-0.2, 0) is 12.1 Å². The van der Waals surface area contributed by atoms with Crippen LogP contribution >= 0.6 is 12.4 Å². The predicted molar refractivity (Wildman–Crippen MR) is 86.2 cm³/mol. The lowest BCUT2D eigenvalue weighted by atomic mass is 9.89. The Kier molecular flexibility index (Phi) is 5.59. The molecule has 0 unspecified atom stereocenters. The molecule has 23 heavy (non-hydrogen) atoms. The summed E-state index contributed by atoms with van der Waals surface area (Å²) in [5.41, 5.74) is 5.24. The van der Waals surface area contributed by atoms with Crippen molar-refractivity contribution in [3.8, 4) is 0 Å². The van der Waals surface area contributed by atoms with Crippen molar-refractivity contribution in [2.45, 2.75) is 64.0 Å². The number of nitrogens with one attached hydrogen (secondary N) is 1. The molecule has 0 radical (unpaired) electrons. The van der Waals surface area contributed by atoms with Gasteiger partial charge in [-0.1, -0.05) is 29.5 Å². The van der Waals surface area contributed by atoms with E-state index < -0.39 is 5.54 Å². The molecule has 8 nitrogen and oxygen atoms in total. The first-order valence-corrected chi connectivity index (χ1v) is 7.71. The second kappa shape index (κ2) is 7.27. The molecule has 128 valence electrons. The van der Waals surface area contributed by atoms with Crippen molar-refractivity contribution in [2.75, 3.05) is 5.32 Å². The van der Waals surface area contributed by atoms with Crippen molar-refractivity contribution in [1.29, 1.82) is 0 Å². The van der Waals surface area contributed by atoms with Crippen molar-refractivity contribution < 1.29 is 8.94 Å². The van der Waals surface area contributed by atoms with Gasteiger partial charge >= 0.3 is 6.01 Å². The first-order chi connectivity index (χ1) is 10.5. The number of hydrogen-bond acceptors (Lipinski definition) is 8. The van der Waals surface area contributed by atoms with Crippen LogP contribution in [-0.4, -0.2) is 20.3 Å². The van der Waals surface area contributed by atoms with E-state index in [1.165, 1.54) is 19.3 Å². The molecule has 0 atom stereocenters. The molecule has 1 saturated carbocycles. The molecule has 0 bridgehead atoms. The Labute approximate surface area is 141 Å². The highest BCUT2D eigenvalue weighted by Crippen LogP contribution is 2.30. The molecule has 0 aromatic carbocycles. The van der Waals surface area contributed by atoms with Crippen molar-refractivity contribution in [1.82, 2.24) is 20.3 Å². The second-order valence-electron chi connectivity index (χ2n) is 6.37.